The van der Waals surface area contributed by atoms with Gasteiger partial charge in [0.15, 0.2) is 0 Å². The van der Waals surface area contributed by atoms with Crippen molar-refractivity contribution < 1.29 is 28.5 Å². The van der Waals surface area contributed by atoms with Crippen LogP contribution in [0.2, 0.25) is 18.1 Å². The number of benzene rings is 2. The second-order valence-corrected chi connectivity index (χ2v) is 14.5. The van der Waals surface area contributed by atoms with Crippen molar-refractivity contribution in [2.45, 2.75) is 65.0 Å². The molecule has 1 aliphatic rings. The van der Waals surface area contributed by atoms with Gasteiger partial charge in [-0.1, -0.05) is 32.9 Å². The van der Waals surface area contributed by atoms with Crippen LogP contribution in [-0.4, -0.2) is 39.7 Å². The van der Waals surface area contributed by atoms with E-state index in [0.717, 1.165) is 16.7 Å². The number of fused-ring (bicyclic) bond motifs is 2. The Balaban J connectivity index is 2.24. The molecular weight excluding hydrogens is 412 g/mol. The van der Waals surface area contributed by atoms with Crippen molar-refractivity contribution in [1.29, 1.82) is 0 Å². The molecule has 2 unspecified atom stereocenters. The third kappa shape index (κ3) is 4.13. The predicted octanol–water partition coefficient (Wildman–Crippen LogP) is 5.19. The lowest BCUT2D eigenvalue weighted by atomic mass is 9.88. The van der Waals surface area contributed by atoms with Gasteiger partial charge in [0.05, 0.1) is 38.2 Å². The summed E-state index contributed by atoms with van der Waals surface area (Å²) >= 11 is 0. The van der Waals surface area contributed by atoms with Gasteiger partial charge in [-0.3, -0.25) is 4.79 Å². The first-order valence-electron chi connectivity index (χ1n) is 10.6. The summed E-state index contributed by atoms with van der Waals surface area (Å²) in [7, 11) is 0.772. The van der Waals surface area contributed by atoms with E-state index in [2.05, 4.69) is 33.9 Å². The second kappa shape index (κ2) is 8.35. The number of phenolic OH excluding ortho intramolecular Hbond substituents is 1. The molecular formula is C24H34O6Si. The monoisotopic (exact) mass is 446 g/mol. The fourth-order valence-corrected chi connectivity index (χ4v) is 4.78. The zero-order valence-electron chi connectivity index (χ0n) is 19.8. The summed E-state index contributed by atoms with van der Waals surface area (Å²) in [5, 5.41) is 12.6. The lowest BCUT2D eigenvalue weighted by Crippen LogP contribution is -2.44. The minimum Gasteiger partial charge on any atom is -0.543 e. The molecule has 2 aromatic rings. The molecule has 2 aromatic carbocycles. The fraction of sp³-hybridized carbons (Fsp3) is 0.542. The molecule has 0 aliphatic carbocycles. The number of hydrogen-bond donors (Lipinski definition) is 1. The molecule has 0 saturated carbocycles. The summed E-state index contributed by atoms with van der Waals surface area (Å²) in [4.78, 5) is 12.1. The summed E-state index contributed by atoms with van der Waals surface area (Å²) in [6, 6.07) is 5.68. The molecule has 0 radical (unpaired) electrons. The van der Waals surface area contributed by atoms with Crippen molar-refractivity contribution in [2.24, 2.45) is 5.92 Å². The van der Waals surface area contributed by atoms with Crippen molar-refractivity contribution in [3.8, 4) is 17.2 Å². The Bertz CT molecular complexity index is 992. The first kappa shape index (κ1) is 23.4. The first-order valence-corrected chi connectivity index (χ1v) is 13.6. The fourth-order valence-electron chi connectivity index (χ4n) is 3.73. The average Bonchev–Trinajstić information content (AvgIpc) is 2.73. The van der Waals surface area contributed by atoms with Crippen molar-refractivity contribution in [1.82, 2.24) is 0 Å². The van der Waals surface area contributed by atoms with Crippen LogP contribution >= 0.6 is 0 Å². The summed E-state index contributed by atoms with van der Waals surface area (Å²) in [5.74, 6) is 0.754. The maximum Gasteiger partial charge on any atom is 0.311 e. The largest absolute Gasteiger partial charge is 0.543 e. The van der Waals surface area contributed by atoms with Gasteiger partial charge < -0.3 is 23.7 Å². The normalized spacial score (nSPS) is 17.7. The Labute approximate surface area is 185 Å². The molecule has 0 aromatic heterocycles. The molecule has 31 heavy (non-hydrogen) atoms. The molecule has 3 rings (SSSR count). The zero-order chi connectivity index (χ0) is 23.1. The van der Waals surface area contributed by atoms with E-state index in [0.29, 0.717) is 23.1 Å². The summed E-state index contributed by atoms with van der Waals surface area (Å²) in [6.07, 6.45) is 0.0974. The molecule has 2 atom stereocenters. The van der Waals surface area contributed by atoms with E-state index in [1.807, 2.05) is 18.2 Å². The Morgan fingerprint density at radius 3 is 2.48 bits per heavy atom. The van der Waals surface area contributed by atoms with Gasteiger partial charge in [-0.05, 0) is 31.1 Å². The van der Waals surface area contributed by atoms with Crippen molar-refractivity contribution in [2.75, 3.05) is 14.2 Å². The highest BCUT2D eigenvalue weighted by Crippen LogP contribution is 2.49. The van der Waals surface area contributed by atoms with E-state index in [-0.39, 0.29) is 29.5 Å². The van der Waals surface area contributed by atoms with Crippen molar-refractivity contribution in [3.05, 3.63) is 29.3 Å². The van der Waals surface area contributed by atoms with E-state index >= 15 is 0 Å². The number of aromatic hydroxyl groups is 1. The van der Waals surface area contributed by atoms with Crippen molar-refractivity contribution >= 4 is 25.1 Å². The minimum absolute atomic E-state index is 0.00711. The number of rotatable bonds is 5. The van der Waals surface area contributed by atoms with Crippen LogP contribution in [-0.2, 0) is 27.3 Å². The molecule has 0 saturated heterocycles. The van der Waals surface area contributed by atoms with Crippen LogP contribution in [0.25, 0.3) is 10.8 Å². The van der Waals surface area contributed by atoms with Gasteiger partial charge in [0.2, 0.25) is 0 Å². The molecule has 0 amide bonds. The lowest BCUT2D eigenvalue weighted by Gasteiger charge is -2.39. The molecule has 6 nitrogen and oxygen atoms in total. The van der Waals surface area contributed by atoms with Gasteiger partial charge in [0.1, 0.15) is 17.2 Å². The van der Waals surface area contributed by atoms with E-state index < -0.39 is 14.2 Å². The third-order valence-corrected chi connectivity index (χ3v) is 11.1. The molecule has 1 heterocycles. The van der Waals surface area contributed by atoms with Crippen LogP contribution in [0.3, 0.4) is 0 Å². The minimum atomic E-state index is -2.20. The van der Waals surface area contributed by atoms with E-state index in [9.17, 15) is 9.90 Å². The third-order valence-electron chi connectivity index (χ3n) is 6.79. The Kier molecular flexibility index (Phi) is 6.31. The smallest absolute Gasteiger partial charge is 0.311 e. The van der Waals surface area contributed by atoms with Gasteiger partial charge in [0, 0.05) is 22.9 Å². The molecule has 1 aliphatic heterocycles. The molecule has 1 N–H and O–H groups in total. The number of esters is 1. The van der Waals surface area contributed by atoms with Crippen molar-refractivity contribution in [3.63, 3.8) is 0 Å². The Hall–Kier alpha value is -2.25. The Morgan fingerprint density at radius 1 is 1.23 bits per heavy atom. The first-order chi connectivity index (χ1) is 14.4. The highest BCUT2D eigenvalue weighted by molar-refractivity contribution is 6.74. The lowest BCUT2D eigenvalue weighted by molar-refractivity contribution is -0.151. The van der Waals surface area contributed by atoms with Crippen LogP contribution in [0.5, 0.6) is 17.2 Å². The van der Waals surface area contributed by atoms with Gasteiger partial charge in [-0.2, -0.15) is 0 Å². The van der Waals surface area contributed by atoms with Crippen LogP contribution in [0, 0.1) is 5.92 Å². The number of carbonyl (C=O) groups excluding carboxylic acids is 1. The molecule has 7 heteroatoms. The van der Waals surface area contributed by atoms with Gasteiger partial charge >= 0.3 is 5.97 Å². The highest BCUT2D eigenvalue weighted by atomic mass is 28.4. The van der Waals surface area contributed by atoms with E-state index in [1.54, 1.807) is 14.0 Å². The van der Waals surface area contributed by atoms with Crippen LogP contribution in [0.4, 0.5) is 0 Å². The molecule has 0 fully saturated rings. The topological polar surface area (TPSA) is 74.2 Å². The summed E-state index contributed by atoms with van der Waals surface area (Å²) < 4.78 is 23.3. The van der Waals surface area contributed by atoms with Gasteiger partial charge in [0.25, 0.3) is 8.32 Å². The molecule has 0 bridgehead atoms. The van der Waals surface area contributed by atoms with Crippen LogP contribution < -0.4 is 9.16 Å². The summed E-state index contributed by atoms with van der Waals surface area (Å²) in [6.45, 7) is 13.0. The highest BCUT2D eigenvalue weighted by Gasteiger charge is 2.41. The number of methoxy groups -OCH3 is 2. The summed E-state index contributed by atoms with van der Waals surface area (Å²) in [5.41, 5.74) is 1.59. The predicted molar refractivity (Wildman–Crippen MR) is 123 cm³/mol. The number of hydrogen-bond acceptors (Lipinski definition) is 6. The van der Waals surface area contributed by atoms with Crippen LogP contribution in [0.15, 0.2) is 18.2 Å². The van der Waals surface area contributed by atoms with E-state index in [4.69, 9.17) is 18.6 Å². The maximum absolute atomic E-state index is 12.1. The maximum atomic E-state index is 12.1. The van der Waals surface area contributed by atoms with Gasteiger partial charge in [-0.25, -0.2) is 0 Å². The number of carbonyl (C=O) groups is 1. The molecule has 170 valence electrons. The Morgan fingerprint density at radius 2 is 1.90 bits per heavy atom. The number of phenols is 1. The average molecular weight is 447 g/mol. The standard InChI is InChI=1S/C24H34O6Si/c1-14(23(26)28-6)19-12-16-17(13-29-19)21(25)20-15(10-9-11-18(20)27-5)22(16)30-31(7,8)24(2,3)4/h9-11,14,19,25H,12-13H2,1-8H3. The zero-order valence-corrected chi connectivity index (χ0v) is 20.8. The van der Waals surface area contributed by atoms with Gasteiger partial charge in [-0.15, -0.1) is 0 Å². The number of ether oxygens (including phenoxy) is 3. The molecule has 0 spiro atoms. The second-order valence-electron chi connectivity index (χ2n) is 9.75. The quantitative estimate of drug-likeness (QED) is 0.503. The van der Waals surface area contributed by atoms with Crippen LogP contribution in [0.1, 0.15) is 38.8 Å². The van der Waals surface area contributed by atoms with E-state index in [1.165, 1.54) is 7.11 Å². The SMILES string of the molecule is COC(=O)C(C)C1Cc2c(c(O)c3c(OC)cccc3c2O[Si](C)(C)C(C)(C)C)CO1.